The van der Waals surface area contributed by atoms with E-state index in [0.717, 1.165) is 58.1 Å². The van der Waals surface area contributed by atoms with Gasteiger partial charge >= 0.3 is 0 Å². The van der Waals surface area contributed by atoms with Gasteiger partial charge in [-0.15, -0.1) is 0 Å². The molecule has 2 heterocycles. The number of aliphatic imine (C=N–C) groups is 1. The number of benzene rings is 1. The first-order valence-corrected chi connectivity index (χ1v) is 11.8. The van der Waals surface area contributed by atoms with Gasteiger partial charge in [-0.05, 0) is 57.3 Å². The lowest BCUT2D eigenvalue weighted by molar-refractivity contribution is 0.0652. The number of nitrogens with zero attached hydrogens (tertiary/aromatic N) is 4. The van der Waals surface area contributed by atoms with Crippen molar-refractivity contribution >= 4 is 17.8 Å². The smallest absolute Gasteiger partial charge is 0.261 e. The van der Waals surface area contributed by atoms with Crippen molar-refractivity contribution in [2.45, 2.75) is 40.0 Å². The number of fused-ring (bicyclic) bond motifs is 1. The maximum atomic E-state index is 12.4. The molecule has 0 aromatic heterocycles. The second kappa shape index (κ2) is 11.3. The van der Waals surface area contributed by atoms with E-state index in [1.54, 1.807) is 24.3 Å². The predicted molar refractivity (Wildman–Crippen MR) is 124 cm³/mol. The highest BCUT2D eigenvalue weighted by molar-refractivity contribution is 6.21. The Morgan fingerprint density at radius 3 is 2.39 bits per heavy atom. The van der Waals surface area contributed by atoms with E-state index in [9.17, 15) is 9.59 Å². The van der Waals surface area contributed by atoms with Crippen LogP contribution in [0.2, 0.25) is 0 Å². The highest BCUT2D eigenvalue weighted by Gasteiger charge is 2.34. The van der Waals surface area contributed by atoms with Crippen molar-refractivity contribution in [3.63, 3.8) is 0 Å². The minimum absolute atomic E-state index is 0.172. The van der Waals surface area contributed by atoms with Crippen molar-refractivity contribution in [2.75, 3.05) is 52.4 Å². The van der Waals surface area contributed by atoms with E-state index in [4.69, 9.17) is 4.99 Å². The van der Waals surface area contributed by atoms with Gasteiger partial charge in [0, 0.05) is 39.3 Å². The third-order valence-electron chi connectivity index (χ3n) is 6.26. The van der Waals surface area contributed by atoms with Crippen LogP contribution in [0, 0.1) is 5.92 Å². The molecule has 7 nitrogen and oxygen atoms in total. The molecule has 2 amide bonds. The van der Waals surface area contributed by atoms with E-state index in [0.29, 0.717) is 30.1 Å². The molecule has 170 valence electrons. The Kier molecular flexibility index (Phi) is 8.46. The number of rotatable bonds is 10. The first-order chi connectivity index (χ1) is 15.1. The Morgan fingerprint density at radius 2 is 1.77 bits per heavy atom. The van der Waals surface area contributed by atoms with Crippen molar-refractivity contribution in [2.24, 2.45) is 10.9 Å². The van der Waals surface area contributed by atoms with E-state index in [1.165, 1.54) is 11.3 Å². The van der Waals surface area contributed by atoms with Gasteiger partial charge in [0.1, 0.15) is 0 Å². The molecule has 0 aliphatic carbocycles. The highest BCUT2D eigenvalue weighted by Crippen LogP contribution is 2.22. The first kappa shape index (κ1) is 23.3. The molecule has 0 saturated carbocycles. The van der Waals surface area contributed by atoms with Gasteiger partial charge < -0.3 is 15.1 Å². The summed E-state index contributed by atoms with van der Waals surface area (Å²) < 4.78 is 0. The lowest BCUT2D eigenvalue weighted by Gasteiger charge is -2.24. The Labute approximate surface area is 186 Å². The Bertz CT molecular complexity index is 755. The zero-order chi connectivity index (χ0) is 22.2. The van der Waals surface area contributed by atoms with Gasteiger partial charge in [-0.25, -0.2) is 0 Å². The monoisotopic (exact) mass is 427 g/mol. The second-order valence-corrected chi connectivity index (χ2v) is 8.34. The fraction of sp³-hybridized carbons (Fsp3) is 0.625. The van der Waals surface area contributed by atoms with Crippen molar-refractivity contribution in [3.05, 3.63) is 35.4 Å². The van der Waals surface area contributed by atoms with Crippen LogP contribution in [0.1, 0.15) is 60.7 Å². The van der Waals surface area contributed by atoms with Crippen LogP contribution in [-0.4, -0.2) is 84.8 Å². The average Bonchev–Trinajstić information content (AvgIpc) is 3.35. The summed E-state index contributed by atoms with van der Waals surface area (Å²) in [6, 6.07) is 7.06. The molecule has 31 heavy (non-hydrogen) atoms. The minimum Gasteiger partial charge on any atom is -0.357 e. The van der Waals surface area contributed by atoms with Crippen molar-refractivity contribution < 1.29 is 9.59 Å². The molecule has 1 saturated heterocycles. The van der Waals surface area contributed by atoms with E-state index in [1.807, 2.05) is 0 Å². The number of hydrogen-bond acceptors (Lipinski definition) is 4. The molecule has 0 radical (unpaired) electrons. The molecular weight excluding hydrogens is 390 g/mol. The van der Waals surface area contributed by atoms with E-state index < -0.39 is 0 Å². The molecule has 1 aromatic rings. The maximum absolute atomic E-state index is 12.4. The highest BCUT2D eigenvalue weighted by atomic mass is 16.2. The molecule has 0 bridgehead atoms. The molecule has 2 aliphatic rings. The molecule has 2 aliphatic heterocycles. The van der Waals surface area contributed by atoms with Gasteiger partial charge in [-0.2, -0.15) is 0 Å². The summed E-state index contributed by atoms with van der Waals surface area (Å²) in [5.41, 5.74) is 1.04. The standard InChI is InChI=1S/C24H37N5O2/c1-4-25-24(28-16-13-19(18-28)17-27(5-2)6-3)26-14-9-10-15-29-22(30)20-11-7-8-12-21(20)23(29)31/h7-8,11-12,19H,4-6,9-10,13-18H2,1-3H3,(H,25,26). The molecule has 7 heteroatoms. The van der Waals surface area contributed by atoms with Gasteiger partial charge in [0.2, 0.25) is 0 Å². The number of hydrogen-bond donors (Lipinski definition) is 1. The largest absolute Gasteiger partial charge is 0.357 e. The fourth-order valence-corrected chi connectivity index (χ4v) is 4.46. The minimum atomic E-state index is -0.172. The summed E-state index contributed by atoms with van der Waals surface area (Å²) in [5, 5.41) is 3.43. The zero-order valence-corrected chi connectivity index (χ0v) is 19.3. The maximum Gasteiger partial charge on any atom is 0.261 e. The van der Waals surface area contributed by atoms with E-state index in [-0.39, 0.29) is 11.8 Å². The van der Waals surface area contributed by atoms with Gasteiger partial charge in [-0.3, -0.25) is 19.5 Å². The summed E-state index contributed by atoms with van der Waals surface area (Å²) in [7, 11) is 0. The van der Waals surface area contributed by atoms with Crippen LogP contribution in [0.25, 0.3) is 0 Å². The van der Waals surface area contributed by atoms with Crippen LogP contribution in [0.5, 0.6) is 0 Å². The lowest BCUT2D eigenvalue weighted by Crippen LogP contribution is -2.41. The van der Waals surface area contributed by atoms with Crippen LogP contribution in [-0.2, 0) is 0 Å². The van der Waals surface area contributed by atoms with Crippen LogP contribution < -0.4 is 5.32 Å². The van der Waals surface area contributed by atoms with Crippen molar-refractivity contribution in [1.29, 1.82) is 0 Å². The molecule has 1 N–H and O–H groups in total. The number of guanidine groups is 1. The van der Waals surface area contributed by atoms with Crippen LogP contribution in [0.3, 0.4) is 0 Å². The quantitative estimate of drug-likeness (QED) is 0.269. The Morgan fingerprint density at radius 1 is 1.10 bits per heavy atom. The third-order valence-corrected chi connectivity index (χ3v) is 6.26. The number of nitrogens with one attached hydrogen (secondary N) is 1. The fourth-order valence-electron chi connectivity index (χ4n) is 4.46. The van der Waals surface area contributed by atoms with Gasteiger partial charge in [0.05, 0.1) is 11.1 Å². The molecule has 1 fully saturated rings. The summed E-state index contributed by atoms with van der Waals surface area (Å²) in [6.45, 7) is 14.0. The van der Waals surface area contributed by atoms with E-state index in [2.05, 4.69) is 35.9 Å². The molecule has 1 aromatic carbocycles. The van der Waals surface area contributed by atoms with Crippen molar-refractivity contribution in [1.82, 2.24) is 20.0 Å². The number of carbonyl (C=O) groups excluding carboxylic acids is 2. The Balaban J connectivity index is 1.45. The predicted octanol–water partition coefficient (Wildman–Crippen LogP) is 2.69. The zero-order valence-electron chi connectivity index (χ0n) is 19.3. The number of amides is 2. The van der Waals surface area contributed by atoms with Crippen molar-refractivity contribution in [3.8, 4) is 0 Å². The number of likely N-dealkylation sites (tertiary alicyclic amines) is 1. The van der Waals surface area contributed by atoms with E-state index >= 15 is 0 Å². The van der Waals surface area contributed by atoms with Crippen LogP contribution in [0.15, 0.2) is 29.3 Å². The normalized spacial score (nSPS) is 19.0. The van der Waals surface area contributed by atoms with Gasteiger partial charge in [0.25, 0.3) is 11.8 Å². The summed E-state index contributed by atoms with van der Waals surface area (Å²) in [6.07, 6.45) is 2.82. The topological polar surface area (TPSA) is 68.2 Å². The summed E-state index contributed by atoms with van der Waals surface area (Å²) in [5.74, 6) is 1.34. The molecular formula is C24H37N5O2. The van der Waals surface area contributed by atoms with Gasteiger partial charge in [0.15, 0.2) is 5.96 Å². The number of imide groups is 1. The third kappa shape index (κ3) is 5.64. The molecule has 1 atom stereocenters. The summed E-state index contributed by atoms with van der Waals surface area (Å²) in [4.78, 5) is 36.0. The average molecular weight is 428 g/mol. The second-order valence-electron chi connectivity index (χ2n) is 8.34. The first-order valence-electron chi connectivity index (χ1n) is 11.8. The van der Waals surface area contributed by atoms with Crippen LogP contribution >= 0.6 is 0 Å². The molecule has 3 rings (SSSR count). The Hall–Kier alpha value is -2.41. The molecule has 0 spiro atoms. The summed E-state index contributed by atoms with van der Waals surface area (Å²) >= 11 is 0. The number of carbonyl (C=O) groups is 2. The SMILES string of the molecule is CCNC(=NCCCCN1C(=O)c2ccccc2C1=O)N1CCC(CN(CC)CC)C1. The van der Waals surface area contributed by atoms with Crippen LogP contribution in [0.4, 0.5) is 0 Å². The molecule has 1 unspecified atom stereocenters. The number of unbranched alkanes of at least 4 members (excludes halogenated alkanes) is 1. The van der Waals surface area contributed by atoms with Gasteiger partial charge in [-0.1, -0.05) is 26.0 Å². The lowest BCUT2D eigenvalue weighted by atomic mass is 10.1.